The first kappa shape index (κ1) is 24.5. The molecule has 32 heavy (non-hydrogen) atoms. The molecule has 1 N–H and O–H groups in total. The van der Waals surface area contributed by atoms with E-state index in [9.17, 15) is 18.0 Å². The van der Waals surface area contributed by atoms with E-state index < -0.39 is 16.1 Å². The highest BCUT2D eigenvalue weighted by atomic mass is 32.2. The fourth-order valence-corrected chi connectivity index (χ4v) is 5.87. The van der Waals surface area contributed by atoms with Crippen molar-refractivity contribution < 1.29 is 22.7 Å². The summed E-state index contributed by atoms with van der Waals surface area (Å²) in [6.07, 6.45) is 3.50. The van der Waals surface area contributed by atoms with E-state index >= 15 is 0 Å². The third-order valence-electron chi connectivity index (χ3n) is 6.26. The molecule has 2 amide bonds. The second-order valence-electron chi connectivity index (χ2n) is 9.08. The topological polar surface area (TPSA) is 96.0 Å². The normalized spacial score (nSPS) is 19.2. The number of ether oxygens (including phenoxy) is 1. The van der Waals surface area contributed by atoms with Gasteiger partial charge in [0, 0.05) is 32.1 Å². The maximum Gasteiger partial charge on any atom is 0.245 e. The van der Waals surface area contributed by atoms with Crippen LogP contribution in [0.5, 0.6) is 5.75 Å². The van der Waals surface area contributed by atoms with E-state index in [0.29, 0.717) is 25.0 Å². The third-order valence-corrected chi connectivity index (χ3v) is 8.17. The molecule has 2 aliphatic rings. The summed E-state index contributed by atoms with van der Waals surface area (Å²) in [5, 5.41) is 2.98. The van der Waals surface area contributed by atoms with Gasteiger partial charge in [0.2, 0.25) is 21.8 Å². The van der Waals surface area contributed by atoms with Crippen LogP contribution in [0.2, 0.25) is 0 Å². The van der Waals surface area contributed by atoms with Crippen molar-refractivity contribution in [2.75, 3.05) is 33.3 Å². The minimum absolute atomic E-state index is 0.00377. The smallest absolute Gasteiger partial charge is 0.245 e. The predicted octanol–water partition coefficient (Wildman–Crippen LogP) is 2.25. The Hall–Kier alpha value is -2.13. The molecule has 0 radical (unpaired) electrons. The van der Waals surface area contributed by atoms with Crippen molar-refractivity contribution in [1.29, 1.82) is 0 Å². The van der Waals surface area contributed by atoms with E-state index in [2.05, 4.69) is 5.32 Å². The highest BCUT2D eigenvalue weighted by Gasteiger charge is 2.34. The van der Waals surface area contributed by atoms with E-state index in [1.165, 1.54) is 23.5 Å². The molecular formula is C23H35N3O5S. The number of carbonyl (C=O) groups is 2. The largest absolute Gasteiger partial charge is 0.497 e. The number of carbonyl (C=O) groups excluding carboxylic acids is 2. The van der Waals surface area contributed by atoms with E-state index in [1.54, 1.807) is 12.1 Å². The molecule has 1 aromatic rings. The minimum Gasteiger partial charge on any atom is -0.497 e. The van der Waals surface area contributed by atoms with Gasteiger partial charge in [-0.15, -0.1) is 0 Å². The Kier molecular flexibility index (Phi) is 8.16. The van der Waals surface area contributed by atoms with Crippen molar-refractivity contribution in [1.82, 2.24) is 14.5 Å². The van der Waals surface area contributed by atoms with Gasteiger partial charge in [-0.25, -0.2) is 8.42 Å². The zero-order valence-electron chi connectivity index (χ0n) is 19.2. The second kappa shape index (κ2) is 10.7. The molecule has 0 spiro atoms. The maximum absolute atomic E-state index is 12.9. The summed E-state index contributed by atoms with van der Waals surface area (Å²) in [5.41, 5.74) is 0. The standard InChI is InChI=1S/C23H35N3O5S/c1-17(2)16-21(23(28)25-12-4-5-13-25)24-22(27)18-10-14-26(15-11-18)32(29,30)20-8-6-19(31-3)7-9-20/h6-9,17-18,21H,4-5,10-16H2,1-3H3,(H,24,27). The van der Waals surface area contributed by atoms with Gasteiger partial charge in [0.15, 0.2) is 0 Å². The van der Waals surface area contributed by atoms with Crippen LogP contribution in [-0.2, 0) is 19.6 Å². The number of benzene rings is 1. The van der Waals surface area contributed by atoms with Crippen LogP contribution < -0.4 is 10.1 Å². The first-order valence-corrected chi connectivity index (χ1v) is 12.9. The molecule has 1 unspecified atom stereocenters. The quantitative estimate of drug-likeness (QED) is 0.635. The van der Waals surface area contributed by atoms with E-state index in [-0.39, 0.29) is 41.6 Å². The van der Waals surface area contributed by atoms with Gasteiger partial charge in [-0.2, -0.15) is 4.31 Å². The fraction of sp³-hybridized carbons (Fsp3) is 0.652. The van der Waals surface area contributed by atoms with Crippen LogP contribution in [0.25, 0.3) is 0 Å². The lowest BCUT2D eigenvalue weighted by atomic mass is 9.95. The lowest BCUT2D eigenvalue weighted by molar-refractivity contribution is -0.137. The number of amides is 2. The Morgan fingerprint density at radius 2 is 1.66 bits per heavy atom. The van der Waals surface area contributed by atoms with Crippen molar-refractivity contribution in [2.45, 2.75) is 56.9 Å². The molecular weight excluding hydrogens is 430 g/mol. The molecule has 0 aliphatic carbocycles. The van der Waals surface area contributed by atoms with Gasteiger partial charge in [-0.1, -0.05) is 13.8 Å². The summed E-state index contributed by atoms with van der Waals surface area (Å²) in [6, 6.07) is 5.81. The Morgan fingerprint density at radius 1 is 1.06 bits per heavy atom. The van der Waals surface area contributed by atoms with Crippen LogP contribution in [0, 0.1) is 11.8 Å². The highest BCUT2D eigenvalue weighted by Crippen LogP contribution is 2.25. The van der Waals surface area contributed by atoms with Crippen LogP contribution in [0.3, 0.4) is 0 Å². The number of methoxy groups -OCH3 is 1. The van der Waals surface area contributed by atoms with Gasteiger partial charge in [-0.3, -0.25) is 9.59 Å². The van der Waals surface area contributed by atoms with E-state index in [0.717, 1.165) is 25.9 Å². The second-order valence-corrected chi connectivity index (χ2v) is 11.0. The van der Waals surface area contributed by atoms with Gasteiger partial charge in [0.05, 0.1) is 12.0 Å². The molecule has 9 heteroatoms. The van der Waals surface area contributed by atoms with Crippen LogP contribution in [0.15, 0.2) is 29.2 Å². The summed E-state index contributed by atoms with van der Waals surface area (Å²) < 4.78 is 32.4. The lowest BCUT2D eigenvalue weighted by Gasteiger charge is -2.32. The fourth-order valence-electron chi connectivity index (χ4n) is 4.40. The summed E-state index contributed by atoms with van der Waals surface area (Å²) in [6.45, 7) is 6.15. The molecule has 2 heterocycles. The predicted molar refractivity (Wildman–Crippen MR) is 122 cm³/mol. The minimum atomic E-state index is -3.61. The number of sulfonamides is 1. The molecule has 2 aliphatic heterocycles. The summed E-state index contributed by atoms with van der Waals surface area (Å²) in [7, 11) is -2.08. The van der Waals surface area contributed by atoms with Gasteiger partial charge >= 0.3 is 0 Å². The van der Waals surface area contributed by atoms with Crippen LogP contribution in [0.1, 0.15) is 46.0 Å². The lowest BCUT2D eigenvalue weighted by Crippen LogP contribution is -2.51. The molecule has 3 rings (SSSR count). The summed E-state index contributed by atoms with van der Waals surface area (Å²) in [4.78, 5) is 27.9. The first-order valence-electron chi connectivity index (χ1n) is 11.5. The zero-order chi connectivity index (χ0) is 23.3. The Balaban J connectivity index is 1.59. The van der Waals surface area contributed by atoms with Gasteiger partial charge in [0.25, 0.3) is 0 Å². The Morgan fingerprint density at radius 3 is 2.19 bits per heavy atom. The van der Waals surface area contributed by atoms with E-state index in [1.807, 2.05) is 18.7 Å². The number of rotatable bonds is 8. The molecule has 1 aromatic carbocycles. The molecule has 8 nitrogen and oxygen atoms in total. The number of nitrogens with zero attached hydrogens (tertiary/aromatic N) is 2. The summed E-state index contributed by atoms with van der Waals surface area (Å²) in [5.74, 6) is 0.439. The molecule has 178 valence electrons. The highest BCUT2D eigenvalue weighted by molar-refractivity contribution is 7.89. The average molecular weight is 466 g/mol. The zero-order valence-corrected chi connectivity index (χ0v) is 20.1. The van der Waals surface area contributed by atoms with Crippen molar-refractivity contribution in [2.24, 2.45) is 11.8 Å². The SMILES string of the molecule is COc1ccc(S(=O)(=O)N2CCC(C(=O)NC(CC(C)C)C(=O)N3CCCC3)CC2)cc1. The van der Waals surface area contributed by atoms with Crippen molar-refractivity contribution >= 4 is 21.8 Å². The maximum atomic E-state index is 12.9. The third kappa shape index (κ3) is 5.81. The van der Waals surface area contributed by atoms with Crippen LogP contribution in [-0.4, -0.2) is 68.8 Å². The molecule has 0 saturated carbocycles. The molecule has 0 bridgehead atoms. The van der Waals surface area contributed by atoms with Gasteiger partial charge in [0.1, 0.15) is 11.8 Å². The Bertz CT molecular complexity index is 887. The van der Waals surface area contributed by atoms with Gasteiger partial charge in [-0.05, 0) is 62.3 Å². The monoisotopic (exact) mass is 465 g/mol. The number of piperidine rings is 1. The van der Waals surface area contributed by atoms with Crippen molar-refractivity contribution in [3.8, 4) is 5.75 Å². The average Bonchev–Trinajstić information content (AvgIpc) is 3.33. The number of hydrogen-bond acceptors (Lipinski definition) is 5. The van der Waals surface area contributed by atoms with Gasteiger partial charge < -0.3 is 15.0 Å². The van der Waals surface area contributed by atoms with Crippen molar-refractivity contribution in [3.63, 3.8) is 0 Å². The Labute approximate surface area is 191 Å². The molecule has 2 saturated heterocycles. The number of nitrogens with one attached hydrogen (secondary N) is 1. The van der Waals surface area contributed by atoms with Crippen LogP contribution in [0.4, 0.5) is 0 Å². The summed E-state index contributed by atoms with van der Waals surface area (Å²) >= 11 is 0. The molecule has 2 fully saturated rings. The van der Waals surface area contributed by atoms with Crippen LogP contribution >= 0.6 is 0 Å². The molecule has 1 atom stereocenters. The number of likely N-dealkylation sites (tertiary alicyclic amines) is 1. The van der Waals surface area contributed by atoms with E-state index in [4.69, 9.17) is 4.74 Å². The van der Waals surface area contributed by atoms with Crippen molar-refractivity contribution in [3.05, 3.63) is 24.3 Å². The molecule has 0 aromatic heterocycles. The number of hydrogen-bond donors (Lipinski definition) is 1. The first-order chi connectivity index (χ1) is 15.2.